The van der Waals surface area contributed by atoms with Crippen LogP contribution >= 0.6 is 11.6 Å². The second kappa shape index (κ2) is 10.8. The van der Waals surface area contributed by atoms with Gasteiger partial charge in [-0.1, -0.05) is 41.0 Å². The summed E-state index contributed by atoms with van der Waals surface area (Å²) in [6, 6.07) is 17.3. The summed E-state index contributed by atoms with van der Waals surface area (Å²) in [5.74, 6) is 1.35. The highest BCUT2D eigenvalue weighted by Gasteiger charge is 2.26. The zero-order valence-corrected chi connectivity index (χ0v) is 19.6. The molecule has 1 atom stereocenters. The fourth-order valence-electron chi connectivity index (χ4n) is 3.89. The lowest BCUT2D eigenvalue weighted by Crippen LogP contribution is -2.49. The maximum Gasteiger partial charge on any atom is 0.276 e. The minimum absolute atomic E-state index is 0.0879. The molecule has 1 aromatic heterocycles. The molecule has 2 aromatic carbocycles. The highest BCUT2D eigenvalue weighted by molar-refractivity contribution is 6.30. The highest BCUT2D eigenvalue weighted by atomic mass is 35.5. The van der Waals surface area contributed by atoms with E-state index in [0.29, 0.717) is 36.2 Å². The molecule has 1 fully saturated rings. The predicted octanol–water partition coefficient (Wildman–Crippen LogP) is 4.36. The normalized spacial score (nSPS) is 15.4. The Hall–Kier alpha value is -2.87. The van der Waals surface area contributed by atoms with E-state index < -0.39 is 0 Å². The summed E-state index contributed by atoms with van der Waals surface area (Å²) in [6.07, 6.45) is -0.131. The summed E-state index contributed by atoms with van der Waals surface area (Å²) in [7, 11) is 1.66. The first-order valence-electron chi connectivity index (χ1n) is 11.0. The van der Waals surface area contributed by atoms with Crippen LogP contribution in [0.1, 0.15) is 33.5 Å². The number of hydrogen-bond acceptors (Lipinski definition) is 6. The zero-order valence-electron chi connectivity index (χ0n) is 18.9. The third kappa shape index (κ3) is 6.13. The summed E-state index contributed by atoms with van der Waals surface area (Å²) in [6.45, 7) is 5.75. The molecule has 1 amide bonds. The Balaban J connectivity index is 1.39. The molecule has 8 heteroatoms. The number of carbonyl (C=O) groups excluding carboxylic acids is 1. The van der Waals surface area contributed by atoms with Gasteiger partial charge >= 0.3 is 0 Å². The van der Waals surface area contributed by atoms with Gasteiger partial charge in [0.1, 0.15) is 11.5 Å². The third-order valence-electron chi connectivity index (χ3n) is 5.76. The molecule has 0 saturated carbocycles. The maximum absolute atomic E-state index is 12.6. The topological polar surface area (TPSA) is 68.0 Å². The summed E-state index contributed by atoms with van der Waals surface area (Å²) in [5, 5.41) is 4.55. The first kappa shape index (κ1) is 23.3. The Morgan fingerprint density at radius 3 is 2.55 bits per heavy atom. The largest absolute Gasteiger partial charge is 0.497 e. The molecule has 2 heterocycles. The number of amides is 1. The average Bonchev–Trinajstić information content (AvgIpc) is 3.28. The molecule has 174 valence electrons. The molecule has 0 N–H and O–H groups in total. The predicted molar refractivity (Wildman–Crippen MR) is 126 cm³/mol. The van der Waals surface area contributed by atoms with Crippen LogP contribution in [-0.2, 0) is 11.3 Å². The van der Waals surface area contributed by atoms with E-state index in [4.69, 9.17) is 25.6 Å². The first-order valence-corrected chi connectivity index (χ1v) is 11.3. The van der Waals surface area contributed by atoms with Crippen LogP contribution < -0.4 is 4.74 Å². The summed E-state index contributed by atoms with van der Waals surface area (Å²) < 4.78 is 16.7. The molecule has 0 bridgehead atoms. The van der Waals surface area contributed by atoms with Gasteiger partial charge in [0.25, 0.3) is 5.91 Å². The van der Waals surface area contributed by atoms with Crippen molar-refractivity contribution >= 4 is 17.5 Å². The Morgan fingerprint density at radius 2 is 1.88 bits per heavy atom. The molecule has 1 aliphatic heterocycles. The number of halogens is 1. The molecule has 1 saturated heterocycles. The van der Waals surface area contributed by atoms with Crippen molar-refractivity contribution in [3.8, 4) is 5.75 Å². The fraction of sp³-hybridized carbons (Fsp3) is 0.360. The molecule has 33 heavy (non-hydrogen) atoms. The van der Waals surface area contributed by atoms with E-state index in [9.17, 15) is 4.79 Å². The van der Waals surface area contributed by atoms with Gasteiger partial charge in [0.15, 0.2) is 5.69 Å². The number of piperazine rings is 1. The van der Waals surface area contributed by atoms with Crippen LogP contribution in [0.25, 0.3) is 0 Å². The number of hydrogen-bond donors (Lipinski definition) is 0. The van der Waals surface area contributed by atoms with Crippen molar-refractivity contribution in [2.24, 2.45) is 0 Å². The molecule has 3 aromatic rings. The van der Waals surface area contributed by atoms with Crippen LogP contribution in [0.3, 0.4) is 0 Å². The Labute approximate surface area is 198 Å². The standard InChI is InChI=1S/C25H28ClN3O4/c1-18-14-23(27-33-18)25(30)29-12-10-28(11-13-29)16-24(20-6-8-21(26)9-7-20)32-17-19-4-3-5-22(15-19)31-2/h3-9,14-15,24H,10-13,16-17H2,1-2H3. The van der Waals surface area contributed by atoms with E-state index in [2.05, 4.69) is 10.1 Å². The van der Waals surface area contributed by atoms with Crippen molar-refractivity contribution in [1.82, 2.24) is 15.0 Å². The number of methoxy groups -OCH3 is 1. The molecule has 1 unspecified atom stereocenters. The number of aromatic nitrogens is 1. The number of nitrogens with zero attached hydrogens (tertiary/aromatic N) is 3. The van der Waals surface area contributed by atoms with E-state index in [1.54, 1.807) is 20.1 Å². The molecular weight excluding hydrogens is 442 g/mol. The molecule has 4 rings (SSSR count). The first-order chi connectivity index (χ1) is 16.0. The van der Waals surface area contributed by atoms with Crippen molar-refractivity contribution < 1.29 is 18.8 Å². The molecule has 0 radical (unpaired) electrons. The van der Waals surface area contributed by atoms with Crippen LogP contribution in [0.2, 0.25) is 5.02 Å². The van der Waals surface area contributed by atoms with Gasteiger partial charge in [-0.05, 0) is 42.3 Å². The van der Waals surface area contributed by atoms with Crippen molar-refractivity contribution in [2.75, 3.05) is 39.8 Å². The van der Waals surface area contributed by atoms with E-state index in [1.807, 2.05) is 53.4 Å². The summed E-state index contributed by atoms with van der Waals surface area (Å²) in [5.41, 5.74) is 2.48. The van der Waals surface area contributed by atoms with E-state index >= 15 is 0 Å². The van der Waals surface area contributed by atoms with Crippen molar-refractivity contribution in [2.45, 2.75) is 19.6 Å². The van der Waals surface area contributed by atoms with E-state index in [-0.39, 0.29) is 12.0 Å². The summed E-state index contributed by atoms with van der Waals surface area (Å²) in [4.78, 5) is 16.8. The maximum atomic E-state index is 12.6. The minimum Gasteiger partial charge on any atom is -0.497 e. The third-order valence-corrected chi connectivity index (χ3v) is 6.01. The summed E-state index contributed by atoms with van der Waals surface area (Å²) >= 11 is 6.10. The van der Waals surface area contributed by atoms with E-state index in [1.165, 1.54) is 0 Å². The second-order valence-electron chi connectivity index (χ2n) is 8.12. The quantitative estimate of drug-likeness (QED) is 0.488. The zero-order chi connectivity index (χ0) is 23.2. The molecule has 1 aliphatic rings. The van der Waals surface area contributed by atoms with Gasteiger partial charge in [-0.15, -0.1) is 0 Å². The molecule has 7 nitrogen and oxygen atoms in total. The van der Waals surface area contributed by atoms with Gasteiger partial charge in [0.05, 0.1) is 19.8 Å². The van der Waals surface area contributed by atoms with Gasteiger partial charge in [-0.3, -0.25) is 9.69 Å². The molecule has 0 spiro atoms. The van der Waals surface area contributed by atoms with Crippen molar-refractivity contribution in [3.63, 3.8) is 0 Å². The lowest BCUT2D eigenvalue weighted by Gasteiger charge is -2.36. The lowest BCUT2D eigenvalue weighted by molar-refractivity contribution is 0.00328. The Bertz CT molecular complexity index is 1060. The molecule has 0 aliphatic carbocycles. The fourth-order valence-corrected chi connectivity index (χ4v) is 4.01. The number of aryl methyl sites for hydroxylation is 1. The van der Waals surface area contributed by atoms with Gasteiger partial charge in [-0.2, -0.15) is 0 Å². The lowest BCUT2D eigenvalue weighted by atomic mass is 10.1. The smallest absolute Gasteiger partial charge is 0.276 e. The number of carbonyl (C=O) groups is 1. The van der Waals surface area contributed by atoms with Gasteiger partial charge in [0, 0.05) is 43.8 Å². The minimum atomic E-state index is -0.131. The number of benzene rings is 2. The van der Waals surface area contributed by atoms with Crippen molar-refractivity contribution in [3.05, 3.63) is 82.2 Å². The van der Waals surface area contributed by atoms with Crippen LogP contribution in [0, 0.1) is 6.92 Å². The SMILES string of the molecule is COc1cccc(COC(CN2CCN(C(=O)c3cc(C)on3)CC2)c2ccc(Cl)cc2)c1. The second-order valence-corrected chi connectivity index (χ2v) is 8.55. The Morgan fingerprint density at radius 1 is 1.12 bits per heavy atom. The van der Waals surface area contributed by atoms with Crippen molar-refractivity contribution in [1.29, 1.82) is 0 Å². The van der Waals surface area contributed by atoms with Crippen LogP contribution in [0.15, 0.2) is 59.1 Å². The van der Waals surface area contributed by atoms with Crippen LogP contribution in [-0.4, -0.2) is 60.7 Å². The van der Waals surface area contributed by atoms with E-state index in [0.717, 1.165) is 36.5 Å². The Kier molecular flexibility index (Phi) is 7.65. The number of ether oxygens (including phenoxy) is 2. The van der Waals surface area contributed by atoms with Gasteiger partial charge in [0.2, 0.25) is 0 Å². The van der Waals surface area contributed by atoms with Crippen LogP contribution in [0.5, 0.6) is 5.75 Å². The average molecular weight is 470 g/mol. The van der Waals surface area contributed by atoms with Gasteiger partial charge in [-0.25, -0.2) is 0 Å². The molecular formula is C25H28ClN3O4. The van der Waals surface area contributed by atoms with Gasteiger partial charge < -0.3 is 18.9 Å². The number of rotatable bonds is 8. The monoisotopic (exact) mass is 469 g/mol. The highest BCUT2D eigenvalue weighted by Crippen LogP contribution is 2.24. The van der Waals surface area contributed by atoms with Crippen LogP contribution in [0.4, 0.5) is 0 Å².